The van der Waals surface area contributed by atoms with Gasteiger partial charge in [-0.15, -0.1) is 11.3 Å². The third-order valence-electron chi connectivity index (χ3n) is 3.39. The minimum atomic E-state index is -2.66. The van der Waals surface area contributed by atoms with E-state index in [0.717, 1.165) is 35.7 Å². The first-order valence-corrected chi connectivity index (χ1v) is 8.38. The zero-order valence-electron chi connectivity index (χ0n) is 11.4. The van der Waals surface area contributed by atoms with Gasteiger partial charge in [0.1, 0.15) is 5.82 Å². The standard InChI is InChI=1S/C13H13F2N3O2S2/c14-10(15)9-8(3-6-21-9)12(19)17-13-16-11(18-22-13)7-1-4-20-5-2-7/h3,6-7,10H,1-2,4-5H2,(H,16,17,18,19). The molecule has 1 saturated heterocycles. The second-order valence-electron chi connectivity index (χ2n) is 4.80. The van der Waals surface area contributed by atoms with Gasteiger partial charge in [-0.25, -0.2) is 13.8 Å². The maximum Gasteiger partial charge on any atom is 0.273 e. The molecule has 1 aliphatic heterocycles. The molecule has 1 amide bonds. The van der Waals surface area contributed by atoms with E-state index < -0.39 is 12.3 Å². The average molecular weight is 345 g/mol. The molecule has 22 heavy (non-hydrogen) atoms. The number of amides is 1. The van der Waals surface area contributed by atoms with Gasteiger partial charge in [0.05, 0.1) is 10.4 Å². The smallest absolute Gasteiger partial charge is 0.273 e. The number of aromatic nitrogens is 2. The Hall–Kier alpha value is -1.45. The number of halogens is 2. The Morgan fingerprint density at radius 1 is 1.41 bits per heavy atom. The molecule has 9 heteroatoms. The summed E-state index contributed by atoms with van der Waals surface area (Å²) in [7, 11) is 0. The van der Waals surface area contributed by atoms with Crippen LogP contribution in [0.5, 0.6) is 0 Å². The van der Waals surface area contributed by atoms with Crippen LogP contribution in [0.3, 0.4) is 0 Å². The predicted molar refractivity (Wildman–Crippen MR) is 79.9 cm³/mol. The molecule has 1 N–H and O–H groups in total. The maximum absolute atomic E-state index is 12.8. The van der Waals surface area contributed by atoms with E-state index in [0.29, 0.717) is 24.2 Å². The van der Waals surface area contributed by atoms with E-state index in [2.05, 4.69) is 14.7 Å². The molecular weight excluding hydrogens is 332 g/mol. The number of alkyl halides is 2. The van der Waals surface area contributed by atoms with Crippen LogP contribution < -0.4 is 5.32 Å². The van der Waals surface area contributed by atoms with Gasteiger partial charge in [0, 0.05) is 30.7 Å². The predicted octanol–water partition coefficient (Wildman–Crippen LogP) is 3.68. The second kappa shape index (κ2) is 6.76. The highest BCUT2D eigenvalue weighted by atomic mass is 32.1. The number of rotatable bonds is 4. The summed E-state index contributed by atoms with van der Waals surface area (Å²) in [4.78, 5) is 16.1. The van der Waals surface area contributed by atoms with Crippen molar-refractivity contribution < 1.29 is 18.3 Å². The largest absolute Gasteiger partial charge is 0.381 e. The Morgan fingerprint density at radius 2 is 2.18 bits per heavy atom. The van der Waals surface area contributed by atoms with Crippen LogP contribution in [-0.4, -0.2) is 28.5 Å². The van der Waals surface area contributed by atoms with Crippen LogP contribution in [0.2, 0.25) is 0 Å². The molecule has 5 nitrogen and oxygen atoms in total. The lowest BCUT2D eigenvalue weighted by Crippen LogP contribution is -2.16. The van der Waals surface area contributed by atoms with Gasteiger partial charge in [-0.2, -0.15) is 4.37 Å². The average Bonchev–Trinajstić information content (AvgIpc) is 3.17. The van der Waals surface area contributed by atoms with Gasteiger partial charge in [0.25, 0.3) is 12.3 Å². The summed E-state index contributed by atoms with van der Waals surface area (Å²) in [5, 5.41) is 4.35. The summed E-state index contributed by atoms with van der Waals surface area (Å²) in [6, 6.07) is 1.39. The molecule has 0 bridgehead atoms. The van der Waals surface area contributed by atoms with Crippen LogP contribution in [0.1, 0.15) is 46.2 Å². The monoisotopic (exact) mass is 345 g/mol. The van der Waals surface area contributed by atoms with E-state index in [9.17, 15) is 13.6 Å². The van der Waals surface area contributed by atoms with Crippen molar-refractivity contribution in [2.75, 3.05) is 18.5 Å². The van der Waals surface area contributed by atoms with Gasteiger partial charge < -0.3 is 4.74 Å². The minimum Gasteiger partial charge on any atom is -0.381 e. The Kier molecular flexibility index (Phi) is 4.74. The van der Waals surface area contributed by atoms with Crippen LogP contribution in [0.15, 0.2) is 11.4 Å². The van der Waals surface area contributed by atoms with Crippen LogP contribution >= 0.6 is 22.9 Å². The third kappa shape index (κ3) is 3.31. The second-order valence-corrected chi connectivity index (χ2v) is 6.50. The molecule has 0 unspecified atom stereocenters. The summed E-state index contributed by atoms with van der Waals surface area (Å²) < 4.78 is 35.1. The SMILES string of the molecule is O=C(Nc1nc(C2CCOCC2)ns1)c1ccsc1C(F)F. The van der Waals surface area contributed by atoms with E-state index in [4.69, 9.17) is 4.74 Å². The summed E-state index contributed by atoms with van der Waals surface area (Å²) in [5.74, 6) is 0.336. The molecule has 3 rings (SSSR count). The fraction of sp³-hybridized carbons (Fsp3) is 0.462. The van der Waals surface area contributed by atoms with Gasteiger partial charge in [-0.05, 0) is 24.3 Å². The summed E-state index contributed by atoms with van der Waals surface area (Å²) >= 11 is 1.93. The maximum atomic E-state index is 12.8. The minimum absolute atomic E-state index is 0.0113. The fourth-order valence-electron chi connectivity index (χ4n) is 2.25. The van der Waals surface area contributed by atoms with Crippen molar-refractivity contribution in [3.63, 3.8) is 0 Å². The van der Waals surface area contributed by atoms with E-state index >= 15 is 0 Å². The van der Waals surface area contributed by atoms with Crippen molar-refractivity contribution in [3.8, 4) is 0 Å². The number of thiophene rings is 1. The van der Waals surface area contributed by atoms with E-state index in [1.54, 1.807) is 0 Å². The molecule has 0 aromatic carbocycles. The molecule has 0 spiro atoms. The number of hydrogen-bond donors (Lipinski definition) is 1. The highest BCUT2D eigenvalue weighted by Gasteiger charge is 2.23. The Labute approximate surface area is 133 Å². The van der Waals surface area contributed by atoms with Crippen molar-refractivity contribution in [1.29, 1.82) is 0 Å². The molecule has 1 aliphatic rings. The first-order valence-electron chi connectivity index (χ1n) is 6.73. The molecule has 118 valence electrons. The number of ether oxygens (including phenoxy) is 1. The van der Waals surface area contributed by atoms with Gasteiger partial charge in [-0.1, -0.05) is 0 Å². The van der Waals surface area contributed by atoms with Crippen LogP contribution in [0.4, 0.5) is 13.9 Å². The lowest BCUT2D eigenvalue weighted by molar-refractivity contribution is 0.0838. The Balaban J connectivity index is 1.69. The first-order chi connectivity index (χ1) is 10.6. The number of nitrogens with zero attached hydrogens (tertiary/aromatic N) is 2. The Morgan fingerprint density at radius 3 is 2.91 bits per heavy atom. The summed E-state index contributed by atoms with van der Waals surface area (Å²) in [6.45, 7) is 1.36. The van der Waals surface area contributed by atoms with Crippen molar-refractivity contribution in [1.82, 2.24) is 9.36 Å². The number of hydrogen-bond acceptors (Lipinski definition) is 6. The normalized spacial score (nSPS) is 16.1. The molecule has 0 radical (unpaired) electrons. The van der Waals surface area contributed by atoms with Gasteiger partial charge >= 0.3 is 0 Å². The lowest BCUT2D eigenvalue weighted by atomic mass is 10.00. The van der Waals surface area contributed by atoms with Crippen molar-refractivity contribution in [2.24, 2.45) is 0 Å². The molecular formula is C13H13F2N3O2S2. The highest BCUT2D eigenvalue weighted by molar-refractivity contribution is 7.10. The molecule has 0 saturated carbocycles. The quantitative estimate of drug-likeness (QED) is 0.918. The van der Waals surface area contributed by atoms with E-state index in [1.165, 1.54) is 11.4 Å². The number of nitrogens with one attached hydrogen (secondary N) is 1. The van der Waals surface area contributed by atoms with Crippen molar-refractivity contribution >= 4 is 33.9 Å². The van der Waals surface area contributed by atoms with E-state index in [1.807, 2.05) is 0 Å². The molecule has 0 atom stereocenters. The zero-order chi connectivity index (χ0) is 15.5. The molecule has 3 heterocycles. The zero-order valence-corrected chi connectivity index (χ0v) is 13.1. The lowest BCUT2D eigenvalue weighted by Gasteiger charge is -2.18. The number of carbonyl (C=O) groups excluding carboxylic acids is 1. The molecule has 0 aliphatic carbocycles. The fourth-order valence-corrected chi connectivity index (χ4v) is 3.63. The Bertz CT molecular complexity index is 653. The van der Waals surface area contributed by atoms with Crippen LogP contribution in [-0.2, 0) is 4.74 Å². The van der Waals surface area contributed by atoms with Gasteiger partial charge in [-0.3, -0.25) is 10.1 Å². The van der Waals surface area contributed by atoms with Gasteiger partial charge in [0.15, 0.2) is 0 Å². The molecule has 2 aromatic heterocycles. The van der Waals surface area contributed by atoms with Crippen LogP contribution in [0, 0.1) is 0 Å². The summed E-state index contributed by atoms with van der Waals surface area (Å²) in [5.41, 5.74) is -0.0113. The van der Waals surface area contributed by atoms with Crippen molar-refractivity contribution in [3.05, 3.63) is 27.7 Å². The van der Waals surface area contributed by atoms with E-state index in [-0.39, 0.29) is 16.4 Å². The summed E-state index contributed by atoms with van der Waals surface area (Å²) in [6.07, 6.45) is -0.957. The highest BCUT2D eigenvalue weighted by Crippen LogP contribution is 2.30. The van der Waals surface area contributed by atoms with Gasteiger partial charge in [0.2, 0.25) is 5.13 Å². The van der Waals surface area contributed by atoms with Crippen molar-refractivity contribution in [2.45, 2.75) is 25.2 Å². The topological polar surface area (TPSA) is 64.1 Å². The molecule has 2 aromatic rings. The molecule has 1 fully saturated rings. The van der Waals surface area contributed by atoms with Crippen LogP contribution in [0.25, 0.3) is 0 Å². The third-order valence-corrected chi connectivity index (χ3v) is 4.96. The number of carbonyl (C=O) groups is 1. The first kappa shape index (κ1) is 15.4. The number of anilines is 1.